The molecule has 0 heterocycles. The Morgan fingerprint density at radius 3 is 2.19 bits per heavy atom. The molecule has 0 aliphatic rings. The standard InChI is InChI=1S/C15H22N2O4/c1-15(2,3)21-14(20)17-12(13(18)19)8-10-4-6-11(9-16)7-5-10/h4-7,12H,8-9,16H2,1-3H3,(H,17,20)(H,18,19). The highest BCUT2D eigenvalue weighted by atomic mass is 16.6. The largest absolute Gasteiger partial charge is 0.480 e. The van der Waals surface area contributed by atoms with Crippen molar-refractivity contribution in [3.63, 3.8) is 0 Å². The third-order valence-corrected chi connectivity index (χ3v) is 2.69. The number of nitrogens with two attached hydrogens (primary N) is 1. The Morgan fingerprint density at radius 2 is 1.76 bits per heavy atom. The number of hydrogen-bond acceptors (Lipinski definition) is 4. The highest BCUT2D eigenvalue weighted by molar-refractivity contribution is 5.80. The van der Waals surface area contributed by atoms with Gasteiger partial charge in [-0.1, -0.05) is 24.3 Å². The average Bonchev–Trinajstić information content (AvgIpc) is 2.36. The van der Waals surface area contributed by atoms with Crippen LogP contribution in [-0.4, -0.2) is 28.8 Å². The van der Waals surface area contributed by atoms with Gasteiger partial charge in [0.15, 0.2) is 0 Å². The van der Waals surface area contributed by atoms with Gasteiger partial charge in [0.25, 0.3) is 0 Å². The van der Waals surface area contributed by atoms with Crippen molar-refractivity contribution < 1.29 is 19.4 Å². The first-order valence-electron chi connectivity index (χ1n) is 6.71. The number of ether oxygens (including phenoxy) is 1. The molecular formula is C15H22N2O4. The van der Waals surface area contributed by atoms with Crippen molar-refractivity contribution in [1.82, 2.24) is 5.32 Å². The first-order chi connectivity index (χ1) is 9.71. The van der Waals surface area contributed by atoms with Crippen molar-refractivity contribution >= 4 is 12.1 Å². The molecule has 0 spiro atoms. The molecule has 21 heavy (non-hydrogen) atoms. The number of amides is 1. The van der Waals surface area contributed by atoms with Crippen LogP contribution in [0.25, 0.3) is 0 Å². The molecule has 4 N–H and O–H groups in total. The summed E-state index contributed by atoms with van der Waals surface area (Å²) >= 11 is 0. The molecule has 1 aromatic carbocycles. The fourth-order valence-electron chi connectivity index (χ4n) is 1.70. The summed E-state index contributed by atoms with van der Waals surface area (Å²) in [5, 5.41) is 11.6. The van der Waals surface area contributed by atoms with E-state index < -0.39 is 23.7 Å². The van der Waals surface area contributed by atoms with Gasteiger partial charge in [-0.3, -0.25) is 0 Å². The van der Waals surface area contributed by atoms with Crippen LogP contribution in [0.1, 0.15) is 31.9 Å². The van der Waals surface area contributed by atoms with E-state index in [0.717, 1.165) is 11.1 Å². The second-order valence-electron chi connectivity index (χ2n) is 5.76. The minimum Gasteiger partial charge on any atom is -0.480 e. The molecule has 6 nitrogen and oxygen atoms in total. The molecule has 1 rings (SSSR count). The lowest BCUT2D eigenvalue weighted by atomic mass is 10.0. The summed E-state index contributed by atoms with van der Waals surface area (Å²) in [5.41, 5.74) is 6.60. The predicted octanol–water partition coefficient (Wildman–Crippen LogP) is 1.67. The molecule has 0 aliphatic carbocycles. The van der Waals surface area contributed by atoms with Crippen LogP contribution in [0.5, 0.6) is 0 Å². The SMILES string of the molecule is CC(C)(C)OC(=O)NC(Cc1ccc(CN)cc1)C(=O)O. The van der Waals surface area contributed by atoms with E-state index in [9.17, 15) is 14.7 Å². The molecule has 116 valence electrons. The number of carbonyl (C=O) groups is 2. The van der Waals surface area contributed by atoms with Crippen LogP contribution in [0, 0.1) is 0 Å². The quantitative estimate of drug-likeness (QED) is 0.766. The molecule has 0 radical (unpaired) electrons. The Morgan fingerprint density at radius 1 is 1.24 bits per heavy atom. The van der Waals surface area contributed by atoms with Gasteiger partial charge in [0.1, 0.15) is 11.6 Å². The summed E-state index contributed by atoms with van der Waals surface area (Å²) in [5.74, 6) is -1.11. The van der Waals surface area contributed by atoms with E-state index in [1.54, 1.807) is 32.9 Å². The highest BCUT2D eigenvalue weighted by Crippen LogP contribution is 2.09. The van der Waals surface area contributed by atoms with Gasteiger partial charge in [-0.2, -0.15) is 0 Å². The van der Waals surface area contributed by atoms with E-state index in [4.69, 9.17) is 10.5 Å². The predicted molar refractivity (Wildman–Crippen MR) is 78.8 cm³/mol. The van der Waals surface area contributed by atoms with Crippen molar-refractivity contribution in [2.24, 2.45) is 5.73 Å². The zero-order chi connectivity index (χ0) is 16.0. The molecule has 0 aliphatic heterocycles. The van der Waals surface area contributed by atoms with Gasteiger partial charge in [0.2, 0.25) is 0 Å². The molecular weight excluding hydrogens is 272 g/mol. The van der Waals surface area contributed by atoms with E-state index in [0.29, 0.717) is 6.54 Å². The molecule has 1 amide bonds. The van der Waals surface area contributed by atoms with E-state index in [1.807, 2.05) is 12.1 Å². The van der Waals surface area contributed by atoms with Gasteiger partial charge in [0, 0.05) is 13.0 Å². The molecule has 0 fully saturated rings. The summed E-state index contributed by atoms with van der Waals surface area (Å²) in [7, 11) is 0. The van der Waals surface area contributed by atoms with Gasteiger partial charge in [0.05, 0.1) is 0 Å². The molecule has 6 heteroatoms. The number of rotatable bonds is 5. The first-order valence-corrected chi connectivity index (χ1v) is 6.71. The molecule has 1 unspecified atom stereocenters. The number of benzene rings is 1. The summed E-state index contributed by atoms with van der Waals surface area (Å²) < 4.78 is 5.06. The van der Waals surface area contributed by atoms with Gasteiger partial charge in [-0.05, 0) is 31.9 Å². The Kier molecular flexibility index (Phi) is 5.72. The molecule has 0 aromatic heterocycles. The van der Waals surface area contributed by atoms with Crippen molar-refractivity contribution in [1.29, 1.82) is 0 Å². The number of carboxylic acid groups (broad SMARTS) is 1. The van der Waals surface area contributed by atoms with Gasteiger partial charge in [-0.25, -0.2) is 9.59 Å². The summed E-state index contributed by atoms with van der Waals surface area (Å²) in [6.45, 7) is 5.58. The van der Waals surface area contributed by atoms with Crippen molar-refractivity contribution in [2.75, 3.05) is 0 Å². The minimum atomic E-state index is -1.11. The second kappa shape index (κ2) is 7.08. The van der Waals surface area contributed by atoms with Crippen molar-refractivity contribution in [3.05, 3.63) is 35.4 Å². The lowest BCUT2D eigenvalue weighted by Crippen LogP contribution is -2.44. The third-order valence-electron chi connectivity index (χ3n) is 2.69. The molecule has 0 saturated carbocycles. The Hall–Kier alpha value is -2.08. The summed E-state index contributed by atoms with van der Waals surface area (Å²) in [6.07, 6.45) is -0.562. The lowest BCUT2D eigenvalue weighted by Gasteiger charge is -2.22. The van der Waals surface area contributed by atoms with Gasteiger partial charge in [-0.15, -0.1) is 0 Å². The number of aliphatic carboxylic acids is 1. The van der Waals surface area contributed by atoms with Crippen LogP contribution in [-0.2, 0) is 22.5 Å². The smallest absolute Gasteiger partial charge is 0.408 e. The zero-order valence-electron chi connectivity index (χ0n) is 12.6. The van der Waals surface area contributed by atoms with E-state index in [-0.39, 0.29) is 6.42 Å². The molecule has 1 aromatic rings. The van der Waals surface area contributed by atoms with Crippen molar-refractivity contribution in [3.8, 4) is 0 Å². The second-order valence-corrected chi connectivity index (χ2v) is 5.76. The monoisotopic (exact) mass is 294 g/mol. The first kappa shape index (κ1) is 17.0. The van der Waals surface area contributed by atoms with E-state index >= 15 is 0 Å². The van der Waals surface area contributed by atoms with Gasteiger partial charge < -0.3 is 20.9 Å². The van der Waals surface area contributed by atoms with Crippen LogP contribution in [0.4, 0.5) is 4.79 Å². The van der Waals surface area contributed by atoms with Crippen LogP contribution in [0.3, 0.4) is 0 Å². The molecule has 0 saturated heterocycles. The Labute approximate surface area is 124 Å². The Bertz CT molecular complexity index is 491. The van der Waals surface area contributed by atoms with Crippen LogP contribution in [0.2, 0.25) is 0 Å². The van der Waals surface area contributed by atoms with E-state index in [2.05, 4.69) is 5.32 Å². The molecule has 1 atom stereocenters. The number of hydrogen-bond donors (Lipinski definition) is 3. The topological polar surface area (TPSA) is 102 Å². The minimum absolute atomic E-state index is 0.180. The average molecular weight is 294 g/mol. The van der Waals surface area contributed by atoms with Crippen LogP contribution < -0.4 is 11.1 Å². The number of nitrogens with one attached hydrogen (secondary N) is 1. The van der Waals surface area contributed by atoms with Gasteiger partial charge >= 0.3 is 12.1 Å². The maximum atomic E-state index is 11.7. The third kappa shape index (κ3) is 6.27. The van der Waals surface area contributed by atoms with Crippen LogP contribution in [0.15, 0.2) is 24.3 Å². The van der Waals surface area contributed by atoms with E-state index in [1.165, 1.54) is 0 Å². The summed E-state index contributed by atoms with van der Waals surface area (Å²) in [6, 6.07) is 6.23. The number of carbonyl (C=O) groups excluding carboxylic acids is 1. The Balaban J connectivity index is 2.69. The normalized spacial score (nSPS) is 12.6. The highest BCUT2D eigenvalue weighted by Gasteiger charge is 2.24. The number of carboxylic acids is 1. The fraction of sp³-hybridized carbons (Fsp3) is 0.467. The molecule has 0 bridgehead atoms. The maximum absolute atomic E-state index is 11.7. The fourth-order valence-corrected chi connectivity index (χ4v) is 1.70. The zero-order valence-corrected chi connectivity index (χ0v) is 12.6. The number of alkyl carbamates (subject to hydrolysis) is 1. The van der Waals surface area contributed by atoms with Crippen LogP contribution >= 0.6 is 0 Å². The maximum Gasteiger partial charge on any atom is 0.408 e. The lowest BCUT2D eigenvalue weighted by molar-refractivity contribution is -0.139. The summed E-state index contributed by atoms with van der Waals surface area (Å²) in [4.78, 5) is 22.9. The van der Waals surface area contributed by atoms with Crippen molar-refractivity contribution in [2.45, 2.75) is 45.4 Å².